The van der Waals surface area contributed by atoms with Crippen molar-refractivity contribution >= 4 is 11.9 Å². The first-order chi connectivity index (χ1) is 40.5. The van der Waals surface area contributed by atoms with E-state index in [1.54, 1.807) is 6.92 Å². The van der Waals surface area contributed by atoms with E-state index in [-0.39, 0.29) is 31.6 Å². The third kappa shape index (κ3) is 11.0. The van der Waals surface area contributed by atoms with Gasteiger partial charge in [-0.2, -0.15) is 0 Å². The zero-order chi connectivity index (χ0) is 63.9. The maximum absolute atomic E-state index is 15.5. The average Bonchev–Trinajstić information content (AvgIpc) is 0.671. The van der Waals surface area contributed by atoms with Crippen LogP contribution in [0.25, 0.3) is 0 Å². The smallest absolute Gasteiger partial charge is 0.335 e. The van der Waals surface area contributed by atoms with Crippen LogP contribution >= 0.6 is 0 Å². The molecule has 87 heavy (non-hydrogen) atoms. The zero-order valence-corrected chi connectivity index (χ0v) is 50.0. The Morgan fingerprint density at radius 2 is 1.13 bits per heavy atom. The summed E-state index contributed by atoms with van der Waals surface area (Å²) in [5, 5.41) is 190. The fraction of sp³-hybridized carbons (Fsp3) is 0.931. The second-order valence-electron chi connectivity index (χ2n) is 28.5. The molecule has 10 rings (SSSR count). The third-order valence-electron chi connectivity index (χ3n) is 22.6. The topological polar surface area (TPSA) is 470 Å². The monoisotopic (exact) mass is 1250 g/mol. The molecule has 9 fully saturated rings. The number of allylic oxidation sites excluding steroid dienone is 2. The van der Waals surface area contributed by atoms with E-state index in [2.05, 4.69) is 19.9 Å². The van der Waals surface area contributed by atoms with E-state index in [9.17, 15) is 91.6 Å². The number of carbonyl (C=O) groups excluding carboxylic acids is 1. The summed E-state index contributed by atoms with van der Waals surface area (Å²) in [6.45, 7) is 12.8. The summed E-state index contributed by atoms with van der Waals surface area (Å²) in [7, 11) is 0. The molecule has 5 heterocycles. The van der Waals surface area contributed by atoms with Crippen molar-refractivity contribution in [3.63, 3.8) is 0 Å². The van der Waals surface area contributed by atoms with Crippen LogP contribution in [0.5, 0.6) is 0 Å². The van der Waals surface area contributed by atoms with Gasteiger partial charge in [0.25, 0.3) is 0 Å². The average molecular weight is 1250 g/mol. The van der Waals surface area contributed by atoms with E-state index < -0.39 is 242 Å². The van der Waals surface area contributed by atoms with Crippen LogP contribution < -0.4 is 0 Å². The van der Waals surface area contributed by atoms with Crippen molar-refractivity contribution in [1.82, 2.24) is 0 Å². The first-order valence-electron chi connectivity index (χ1n) is 30.3. The Bertz CT molecular complexity index is 2510. The molecule has 0 aromatic heterocycles. The van der Waals surface area contributed by atoms with Crippen molar-refractivity contribution in [3.8, 4) is 0 Å². The van der Waals surface area contributed by atoms with Crippen molar-refractivity contribution < 1.29 is 144 Å². The summed E-state index contributed by atoms with van der Waals surface area (Å²) in [5.41, 5.74) is -5.53. The highest BCUT2D eigenvalue weighted by atomic mass is 16.8. The van der Waals surface area contributed by atoms with E-state index >= 15 is 4.79 Å². The molecule has 4 saturated carbocycles. The molecular weight excluding hydrogens is 1160 g/mol. The first-order valence-corrected chi connectivity index (χ1v) is 30.3. The molecule has 5 saturated heterocycles. The number of carboxylic acid groups (broad SMARTS) is 1. The lowest BCUT2D eigenvalue weighted by atomic mass is 9.32. The quantitative estimate of drug-likeness (QED) is 0.0495. The van der Waals surface area contributed by atoms with Crippen LogP contribution in [0.4, 0.5) is 0 Å². The van der Waals surface area contributed by atoms with Gasteiger partial charge in [0.05, 0.1) is 56.4 Å². The van der Waals surface area contributed by atoms with Crippen molar-refractivity contribution in [2.24, 2.45) is 50.2 Å². The summed E-state index contributed by atoms with van der Waals surface area (Å²) in [6.07, 6.45) is -41.7. The van der Waals surface area contributed by atoms with Gasteiger partial charge in [-0.15, -0.1) is 0 Å². The molecule has 0 radical (unpaired) electrons. The predicted molar refractivity (Wildman–Crippen MR) is 287 cm³/mol. The Balaban J connectivity index is 0.866. The number of aliphatic hydroxyl groups excluding tert-OH is 16. The molecule has 498 valence electrons. The Labute approximate surface area is 502 Å². The Morgan fingerprint density at radius 1 is 0.552 bits per heavy atom. The number of rotatable bonds is 12. The number of fused-ring (bicyclic) bond motifs is 7. The van der Waals surface area contributed by atoms with Gasteiger partial charge in [-0.1, -0.05) is 53.2 Å². The van der Waals surface area contributed by atoms with E-state index in [4.69, 9.17) is 47.4 Å². The lowest BCUT2D eigenvalue weighted by Gasteiger charge is -2.73. The van der Waals surface area contributed by atoms with E-state index in [1.807, 2.05) is 20.8 Å². The minimum Gasteiger partial charge on any atom is -0.479 e. The fourth-order valence-corrected chi connectivity index (χ4v) is 17.8. The van der Waals surface area contributed by atoms with Crippen LogP contribution in [0.15, 0.2) is 11.6 Å². The lowest BCUT2D eigenvalue weighted by Crippen LogP contribution is -2.73. The van der Waals surface area contributed by atoms with Crippen molar-refractivity contribution in [2.45, 2.75) is 266 Å². The molecule has 0 bridgehead atoms. The van der Waals surface area contributed by atoms with Crippen LogP contribution in [0, 0.1) is 50.2 Å². The first kappa shape index (κ1) is 67.6. The Morgan fingerprint density at radius 3 is 1.77 bits per heavy atom. The normalized spacial score (nSPS) is 55.9. The highest BCUT2D eigenvalue weighted by Crippen LogP contribution is 2.76. The van der Waals surface area contributed by atoms with E-state index in [0.717, 1.165) is 5.57 Å². The van der Waals surface area contributed by atoms with Crippen molar-refractivity contribution in [2.75, 3.05) is 19.8 Å². The van der Waals surface area contributed by atoms with Gasteiger partial charge >= 0.3 is 11.9 Å². The molecule has 29 nitrogen and oxygen atoms in total. The molecule has 10 aliphatic rings. The van der Waals surface area contributed by atoms with Crippen LogP contribution in [0.2, 0.25) is 0 Å². The maximum Gasteiger partial charge on any atom is 0.335 e. The largest absolute Gasteiger partial charge is 0.479 e. The second-order valence-corrected chi connectivity index (χ2v) is 28.5. The predicted octanol–water partition coefficient (Wildman–Crippen LogP) is -4.90. The molecule has 0 spiro atoms. The Hall–Kier alpha value is -2.32. The van der Waals surface area contributed by atoms with Crippen LogP contribution in [-0.2, 0) is 57.0 Å². The molecule has 5 aliphatic heterocycles. The van der Waals surface area contributed by atoms with Crippen molar-refractivity contribution in [3.05, 3.63) is 11.6 Å². The number of hydrogen-bond acceptors (Lipinski definition) is 28. The lowest BCUT2D eigenvalue weighted by molar-refractivity contribution is -0.377. The molecule has 17 N–H and O–H groups in total. The van der Waals surface area contributed by atoms with Gasteiger partial charge in [0.1, 0.15) is 90.9 Å². The number of carboxylic acids is 1. The van der Waals surface area contributed by atoms with E-state index in [0.29, 0.717) is 19.3 Å². The molecule has 0 aromatic rings. The van der Waals surface area contributed by atoms with E-state index in [1.165, 1.54) is 13.8 Å². The molecule has 0 unspecified atom stereocenters. The molecule has 0 aromatic carbocycles. The van der Waals surface area contributed by atoms with Gasteiger partial charge in [-0.25, -0.2) is 4.79 Å². The molecule has 29 heteroatoms. The summed E-state index contributed by atoms with van der Waals surface area (Å²) >= 11 is 0. The van der Waals surface area contributed by atoms with Gasteiger partial charge in [-0.3, -0.25) is 4.79 Å². The van der Waals surface area contributed by atoms with Crippen LogP contribution in [0.3, 0.4) is 0 Å². The molecule has 5 aliphatic carbocycles. The van der Waals surface area contributed by atoms with Gasteiger partial charge in [0.15, 0.2) is 37.4 Å². The number of hydrogen-bond donors (Lipinski definition) is 17. The molecule has 35 atom stereocenters. The SMILES string of the molecule is C[C@@H]1O[C@@H](O[C@@H]2[C@@H](O)[C@H](O[C@@H]3[C@H](O)[C@@H](O)[C@H](O[C@H]4[C@H](OC(=O)[C@]56CCC(C)(C)C[C@H]5C5=CC[C@@H]7[C@@]8(C)C[C@H](O)[C@H](O[C@@H]9O[C@H](C(=O)O)[C@@H](O)[C@H](O)[C@H]9O)[C@@](C)(CO)[C@@H]8[C@H](O)C[C@@]7(C)[C@]5(C)C[C@H]6O)OC[C@@H](O)[C@H]4O)O[C@H]3C)OC[C@H]2O)[C@H](O)[C@H](O)[C@H]1O. The summed E-state index contributed by atoms with van der Waals surface area (Å²) < 4.78 is 58.4. The van der Waals surface area contributed by atoms with Crippen molar-refractivity contribution in [1.29, 1.82) is 0 Å². The van der Waals surface area contributed by atoms with Gasteiger partial charge in [0, 0.05) is 11.3 Å². The minimum atomic E-state index is -2.01. The number of aliphatic carboxylic acids is 1. The van der Waals surface area contributed by atoms with Crippen LogP contribution in [0.1, 0.15) is 100 Å². The highest BCUT2D eigenvalue weighted by Gasteiger charge is 2.75. The summed E-state index contributed by atoms with van der Waals surface area (Å²) in [6, 6.07) is 0. The molecular formula is C58H92O29. The minimum absolute atomic E-state index is 0.0235. The summed E-state index contributed by atoms with van der Waals surface area (Å²) in [5.74, 6) is -4.45. The number of esters is 1. The standard InChI is InChI=1S/C58H92O29/c1-20-30(65)32(67)36(71)48(80-20)83-41-27(63)18-78-47(39(41)74)82-40-21(2)81-49(38(73)35(40)70)85-43-31(66)26(62)17-79-51(43)87-52(77)58-12-11-53(3,4)13-23(58)22-9-10-28-54(5)14-25(61)45(86-50-37(72)33(68)34(69)42(84-50)46(75)76)55(6,19-59)44(54)24(60)15-57(28,8)56(22,7)16-29(58)64/h9,20-21,23-45,47-51,59-74H,10-19H2,1-8H3,(H,75,76)/t20-,21-,23-,24+,25-,26+,27+,28+,29+,30-,31+,32+,33-,34-,35+,36+,37+,38+,39+,40-,41-,42-,43+,44+,45-,47-,48-,49-,50-,51-,54+,55-,56+,57+,58+/m0/s1. The van der Waals surface area contributed by atoms with Gasteiger partial charge in [-0.05, 0) is 92.3 Å². The van der Waals surface area contributed by atoms with Crippen LogP contribution in [-0.4, -0.2) is 284 Å². The number of carbonyl (C=O) groups is 2. The van der Waals surface area contributed by atoms with Gasteiger partial charge in [0.2, 0.25) is 6.29 Å². The fourth-order valence-electron chi connectivity index (χ4n) is 17.8. The zero-order valence-electron chi connectivity index (χ0n) is 50.0. The number of ether oxygens (including phenoxy) is 10. The molecule has 0 amide bonds. The number of aliphatic hydroxyl groups is 16. The Kier molecular flexibility index (Phi) is 18.8. The van der Waals surface area contributed by atoms with Gasteiger partial charge < -0.3 is 134 Å². The highest BCUT2D eigenvalue weighted by molar-refractivity contribution is 5.80. The second kappa shape index (κ2) is 24.2. The maximum atomic E-state index is 15.5. The summed E-state index contributed by atoms with van der Waals surface area (Å²) in [4.78, 5) is 27.4. The third-order valence-corrected chi connectivity index (χ3v) is 22.6.